The molecule has 0 spiro atoms. The van der Waals surface area contributed by atoms with E-state index in [4.69, 9.17) is 5.73 Å². The Hall–Kier alpha value is -0.120. The van der Waals surface area contributed by atoms with Gasteiger partial charge in [0.15, 0.2) is 0 Å². The van der Waals surface area contributed by atoms with Crippen molar-refractivity contribution in [1.82, 2.24) is 10.6 Å². The Morgan fingerprint density at radius 2 is 2.33 bits per heavy atom. The van der Waals surface area contributed by atoms with Gasteiger partial charge in [0, 0.05) is 31.7 Å². The average Bonchev–Trinajstić information content (AvgIpc) is 1.79. The van der Waals surface area contributed by atoms with E-state index >= 15 is 0 Å². The molecule has 9 heavy (non-hydrogen) atoms. The number of rotatable bonds is 3. The fourth-order valence-corrected chi connectivity index (χ4v) is 0.999. The zero-order valence-electron chi connectivity index (χ0n) is 5.91. The Morgan fingerprint density at radius 1 is 1.67 bits per heavy atom. The molecule has 1 fully saturated rings. The molecule has 54 valence electrons. The van der Waals surface area contributed by atoms with Crippen molar-refractivity contribution in [3.63, 3.8) is 0 Å². The van der Waals surface area contributed by atoms with Crippen LogP contribution in [0.1, 0.15) is 6.92 Å². The highest BCUT2D eigenvalue weighted by Gasteiger charge is 2.29. The first kappa shape index (κ1) is 6.99. The van der Waals surface area contributed by atoms with E-state index in [-0.39, 0.29) is 0 Å². The van der Waals surface area contributed by atoms with Gasteiger partial charge in [-0.1, -0.05) is 0 Å². The molecule has 3 heteroatoms. The van der Waals surface area contributed by atoms with E-state index in [2.05, 4.69) is 17.6 Å². The Labute approximate surface area is 56.0 Å². The molecule has 1 rings (SSSR count). The van der Waals surface area contributed by atoms with E-state index in [1.165, 1.54) is 0 Å². The van der Waals surface area contributed by atoms with Crippen molar-refractivity contribution in [2.75, 3.05) is 26.2 Å². The molecule has 1 saturated heterocycles. The molecule has 1 heterocycles. The molecule has 0 aromatic carbocycles. The summed E-state index contributed by atoms with van der Waals surface area (Å²) >= 11 is 0. The summed E-state index contributed by atoms with van der Waals surface area (Å²) in [6.07, 6.45) is 0. The largest absolute Gasteiger partial charge is 0.329 e. The van der Waals surface area contributed by atoms with Crippen LogP contribution >= 0.6 is 0 Å². The molecule has 0 radical (unpaired) electrons. The van der Waals surface area contributed by atoms with Crippen LogP contribution in [0.15, 0.2) is 0 Å². The van der Waals surface area contributed by atoms with Crippen LogP contribution in [-0.2, 0) is 0 Å². The zero-order chi connectivity index (χ0) is 6.74. The summed E-state index contributed by atoms with van der Waals surface area (Å²) in [5, 5.41) is 6.56. The van der Waals surface area contributed by atoms with Gasteiger partial charge in [-0.25, -0.2) is 0 Å². The molecule has 0 bridgehead atoms. The summed E-state index contributed by atoms with van der Waals surface area (Å²) in [6, 6.07) is 0. The first-order valence-corrected chi connectivity index (χ1v) is 3.43. The van der Waals surface area contributed by atoms with Crippen LogP contribution in [0.5, 0.6) is 0 Å². The third kappa shape index (κ3) is 1.64. The van der Waals surface area contributed by atoms with Crippen LogP contribution in [0.2, 0.25) is 0 Å². The Bertz CT molecular complexity index is 88.3. The number of nitrogens with one attached hydrogen (secondary N) is 2. The quantitative estimate of drug-likeness (QED) is 0.453. The molecule has 1 aliphatic rings. The summed E-state index contributed by atoms with van der Waals surface area (Å²) in [5.41, 5.74) is 5.66. The van der Waals surface area contributed by atoms with Crippen molar-refractivity contribution >= 4 is 0 Å². The topological polar surface area (TPSA) is 50.1 Å². The van der Waals surface area contributed by atoms with E-state index in [1.54, 1.807) is 0 Å². The maximum Gasteiger partial charge on any atom is 0.0404 e. The first-order chi connectivity index (χ1) is 4.27. The van der Waals surface area contributed by atoms with Crippen LogP contribution < -0.4 is 16.4 Å². The second-order valence-corrected chi connectivity index (χ2v) is 2.88. The highest BCUT2D eigenvalue weighted by Crippen LogP contribution is 2.07. The van der Waals surface area contributed by atoms with Crippen LogP contribution in [0, 0.1) is 0 Å². The Balaban J connectivity index is 2.09. The number of nitrogens with two attached hydrogens (primary N) is 1. The molecule has 0 unspecified atom stereocenters. The summed E-state index contributed by atoms with van der Waals surface area (Å²) in [6.45, 7) is 6.02. The lowest BCUT2D eigenvalue weighted by Crippen LogP contribution is -2.66. The lowest BCUT2D eigenvalue weighted by atomic mass is 9.95. The Kier molecular flexibility index (Phi) is 2.05. The van der Waals surface area contributed by atoms with Crippen LogP contribution in [0.3, 0.4) is 0 Å². The fraction of sp³-hybridized carbons (Fsp3) is 1.00. The van der Waals surface area contributed by atoms with Crippen LogP contribution in [-0.4, -0.2) is 31.7 Å². The van der Waals surface area contributed by atoms with E-state index in [1.807, 2.05) is 0 Å². The Morgan fingerprint density at radius 3 is 2.67 bits per heavy atom. The molecule has 3 nitrogen and oxygen atoms in total. The van der Waals surface area contributed by atoms with Crippen molar-refractivity contribution in [3.8, 4) is 0 Å². The molecule has 4 N–H and O–H groups in total. The van der Waals surface area contributed by atoms with Crippen LogP contribution in [0.4, 0.5) is 0 Å². The lowest BCUT2D eigenvalue weighted by Gasteiger charge is -2.40. The average molecular weight is 129 g/mol. The smallest absolute Gasteiger partial charge is 0.0404 e. The van der Waals surface area contributed by atoms with Gasteiger partial charge in [-0.2, -0.15) is 0 Å². The van der Waals surface area contributed by atoms with Crippen LogP contribution in [0.25, 0.3) is 0 Å². The molecule has 0 saturated carbocycles. The summed E-state index contributed by atoms with van der Waals surface area (Å²) in [5.74, 6) is 0. The zero-order valence-corrected chi connectivity index (χ0v) is 5.91. The maximum absolute atomic E-state index is 5.33. The summed E-state index contributed by atoms with van der Waals surface area (Å²) in [7, 11) is 0. The minimum Gasteiger partial charge on any atom is -0.329 e. The third-order valence-electron chi connectivity index (χ3n) is 1.73. The normalized spacial score (nSPS) is 23.3. The lowest BCUT2D eigenvalue weighted by molar-refractivity contribution is 0.242. The van der Waals surface area contributed by atoms with Gasteiger partial charge in [-0.15, -0.1) is 0 Å². The molecule has 0 amide bonds. The predicted octanol–water partition coefficient (Wildman–Crippen LogP) is -1.10. The first-order valence-electron chi connectivity index (χ1n) is 3.43. The standard InChI is InChI=1S/C6H15N3/c1-6(4-8-5-6)9-3-2-7/h8-9H,2-5,7H2,1H3. The van der Waals surface area contributed by atoms with Gasteiger partial charge in [0.1, 0.15) is 0 Å². The SMILES string of the molecule is CC1(NCCN)CNC1. The third-order valence-corrected chi connectivity index (χ3v) is 1.73. The summed E-state index contributed by atoms with van der Waals surface area (Å²) < 4.78 is 0. The van der Waals surface area contributed by atoms with Crippen molar-refractivity contribution in [1.29, 1.82) is 0 Å². The molecule has 0 aliphatic carbocycles. The second kappa shape index (κ2) is 2.64. The van der Waals surface area contributed by atoms with Crippen molar-refractivity contribution in [2.24, 2.45) is 5.73 Å². The highest BCUT2D eigenvalue weighted by atomic mass is 15.1. The van der Waals surface area contributed by atoms with E-state index in [0.717, 1.165) is 26.2 Å². The molecule has 0 atom stereocenters. The highest BCUT2D eigenvalue weighted by molar-refractivity contribution is 4.96. The van der Waals surface area contributed by atoms with Gasteiger partial charge >= 0.3 is 0 Å². The molecule has 0 aromatic heterocycles. The predicted molar refractivity (Wildman–Crippen MR) is 38.3 cm³/mol. The van der Waals surface area contributed by atoms with Gasteiger partial charge in [-0.05, 0) is 6.92 Å². The van der Waals surface area contributed by atoms with E-state index in [0.29, 0.717) is 5.54 Å². The molecular formula is C6H15N3. The minimum absolute atomic E-state index is 0.333. The van der Waals surface area contributed by atoms with Gasteiger partial charge in [0.25, 0.3) is 0 Å². The maximum atomic E-state index is 5.33. The van der Waals surface area contributed by atoms with Gasteiger partial charge in [0.05, 0.1) is 0 Å². The van der Waals surface area contributed by atoms with Gasteiger partial charge in [0.2, 0.25) is 0 Å². The second-order valence-electron chi connectivity index (χ2n) is 2.88. The fourth-order valence-electron chi connectivity index (χ4n) is 0.999. The molecular weight excluding hydrogens is 114 g/mol. The summed E-state index contributed by atoms with van der Waals surface area (Å²) in [4.78, 5) is 0. The molecule has 1 aliphatic heterocycles. The van der Waals surface area contributed by atoms with Gasteiger partial charge in [-0.3, -0.25) is 0 Å². The monoisotopic (exact) mass is 129 g/mol. The number of hydrogen-bond acceptors (Lipinski definition) is 3. The van der Waals surface area contributed by atoms with Crippen molar-refractivity contribution < 1.29 is 0 Å². The van der Waals surface area contributed by atoms with Crippen molar-refractivity contribution in [3.05, 3.63) is 0 Å². The molecule has 0 aromatic rings. The minimum atomic E-state index is 0.333. The van der Waals surface area contributed by atoms with E-state index in [9.17, 15) is 0 Å². The van der Waals surface area contributed by atoms with Crippen molar-refractivity contribution in [2.45, 2.75) is 12.5 Å². The van der Waals surface area contributed by atoms with E-state index < -0.39 is 0 Å². The van der Waals surface area contributed by atoms with Gasteiger partial charge < -0.3 is 16.4 Å². The number of hydrogen-bond donors (Lipinski definition) is 3.